The van der Waals surface area contributed by atoms with Gasteiger partial charge in [-0.2, -0.15) is 13.2 Å². The number of rotatable bonds is 6. The third-order valence-electron chi connectivity index (χ3n) is 6.40. The van der Waals surface area contributed by atoms with E-state index in [4.69, 9.17) is 14.9 Å². The second-order valence-corrected chi connectivity index (χ2v) is 8.70. The molecule has 2 aromatic rings. The maximum absolute atomic E-state index is 12.9. The van der Waals surface area contributed by atoms with E-state index in [1.165, 1.54) is 12.8 Å². The molecule has 35 heavy (non-hydrogen) atoms. The van der Waals surface area contributed by atoms with E-state index in [0.29, 0.717) is 24.2 Å². The molecule has 2 fully saturated rings. The van der Waals surface area contributed by atoms with Crippen LogP contribution in [0, 0.1) is 0 Å². The molecule has 2 heterocycles. The second kappa shape index (κ2) is 11.5. The van der Waals surface area contributed by atoms with Crippen LogP contribution in [0.4, 0.5) is 13.2 Å². The van der Waals surface area contributed by atoms with Crippen LogP contribution in [0.3, 0.4) is 0 Å². The summed E-state index contributed by atoms with van der Waals surface area (Å²) in [6, 6.07) is 16.3. The summed E-state index contributed by atoms with van der Waals surface area (Å²) in [7, 11) is 2.18. The number of aliphatic carboxylic acids is 2. The van der Waals surface area contributed by atoms with Crippen LogP contribution in [0.1, 0.15) is 48.5 Å². The second-order valence-electron chi connectivity index (χ2n) is 8.70. The maximum atomic E-state index is 12.9. The van der Waals surface area contributed by atoms with Crippen LogP contribution >= 0.6 is 0 Å². The van der Waals surface area contributed by atoms with Gasteiger partial charge in [0.2, 0.25) is 0 Å². The summed E-state index contributed by atoms with van der Waals surface area (Å²) in [5.41, 5.74) is 1.11. The topological polar surface area (TPSA) is 87.1 Å². The average molecular weight is 492 g/mol. The Morgan fingerprint density at radius 1 is 0.914 bits per heavy atom. The monoisotopic (exact) mass is 491 g/mol. The Kier molecular flexibility index (Phi) is 8.69. The van der Waals surface area contributed by atoms with Crippen LogP contribution in [0.25, 0.3) is 0 Å². The molecule has 188 valence electrons. The van der Waals surface area contributed by atoms with Crippen molar-refractivity contribution in [2.75, 3.05) is 7.05 Å². The average Bonchev–Trinajstić information content (AvgIpc) is 3.02. The molecule has 3 atom stereocenters. The van der Waals surface area contributed by atoms with Gasteiger partial charge in [-0.3, -0.25) is 0 Å². The molecule has 2 aliphatic heterocycles. The number of halogens is 3. The van der Waals surface area contributed by atoms with E-state index < -0.39 is 23.7 Å². The number of ether oxygens (including phenoxy) is 1. The number of piperidine rings is 1. The van der Waals surface area contributed by atoms with Crippen molar-refractivity contribution in [1.82, 2.24) is 4.90 Å². The summed E-state index contributed by atoms with van der Waals surface area (Å²) >= 11 is 0. The lowest BCUT2D eigenvalue weighted by Gasteiger charge is -2.38. The SMILES string of the molecule is CN1C2CCC1CC(OC(c1ccccc1)c1ccc(C(F)(F)F)cc1)C2.O=C(O)/C=C/C(=O)O. The number of hydrogen-bond donors (Lipinski definition) is 2. The van der Waals surface area contributed by atoms with Crippen LogP contribution in [-0.2, 0) is 20.5 Å². The fraction of sp³-hybridized carbons (Fsp3) is 0.385. The fourth-order valence-electron chi connectivity index (χ4n) is 4.63. The first-order valence-corrected chi connectivity index (χ1v) is 11.3. The van der Waals surface area contributed by atoms with Gasteiger partial charge in [-0.15, -0.1) is 0 Å². The van der Waals surface area contributed by atoms with Crippen LogP contribution in [-0.4, -0.2) is 52.3 Å². The lowest BCUT2D eigenvalue weighted by atomic mass is 9.97. The van der Waals surface area contributed by atoms with Gasteiger partial charge in [0.1, 0.15) is 6.10 Å². The summed E-state index contributed by atoms with van der Waals surface area (Å²) in [6.45, 7) is 0. The number of nitrogens with zero attached hydrogens (tertiary/aromatic N) is 1. The first-order chi connectivity index (χ1) is 16.5. The number of benzene rings is 2. The molecule has 3 unspecified atom stereocenters. The van der Waals surface area contributed by atoms with Gasteiger partial charge in [-0.25, -0.2) is 9.59 Å². The van der Waals surface area contributed by atoms with E-state index in [2.05, 4.69) is 11.9 Å². The van der Waals surface area contributed by atoms with E-state index in [1.54, 1.807) is 12.1 Å². The minimum absolute atomic E-state index is 0.131. The Hall–Kier alpha value is -3.17. The van der Waals surface area contributed by atoms with Crippen molar-refractivity contribution in [3.8, 4) is 0 Å². The van der Waals surface area contributed by atoms with Crippen molar-refractivity contribution in [3.05, 3.63) is 83.4 Å². The molecule has 0 saturated carbocycles. The first-order valence-electron chi connectivity index (χ1n) is 11.3. The van der Waals surface area contributed by atoms with Crippen molar-refractivity contribution < 1.29 is 37.7 Å². The van der Waals surface area contributed by atoms with Gasteiger partial charge in [-0.1, -0.05) is 42.5 Å². The van der Waals surface area contributed by atoms with Gasteiger partial charge < -0.3 is 19.8 Å². The highest BCUT2D eigenvalue weighted by Gasteiger charge is 2.40. The standard InChI is InChI=1S/C22H24F3NO.C4H4O4/c1-26-18-11-12-19(26)14-20(13-18)27-21(15-5-3-2-4-6-15)16-7-9-17(10-8-16)22(23,24)25;5-3(6)1-2-4(7)8/h2-10,18-21H,11-14H2,1H3;1-2H,(H,5,6)(H,7,8)/b;2-1+. The van der Waals surface area contributed by atoms with Crippen LogP contribution in [0.5, 0.6) is 0 Å². The Morgan fingerprint density at radius 2 is 1.40 bits per heavy atom. The Morgan fingerprint density at radius 3 is 1.86 bits per heavy atom. The molecule has 6 nitrogen and oxygen atoms in total. The smallest absolute Gasteiger partial charge is 0.416 e. The molecule has 2 bridgehead atoms. The van der Waals surface area contributed by atoms with Crippen LogP contribution in [0.2, 0.25) is 0 Å². The zero-order chi connectivity index (χ0) is 25.6. The number of carboxylic acid groups (broad SMARTS) is 2. The molecule has 2 saturated heterocycles. The largest absolute Gasteiger partial charge is 0.478 e. The van der Waals surface area contributed by atoms with Crippen molar-refractivity contribution >= 4 is 11.9 Å². The van der Waals surface area contributed by atoms with E-state index in [9.17, 15) is 22.8 Å². The minimum Gasteiger partial charge on any atom is -0.478 e. The number of alkyl halides is 3. The summed E-state index contributed by atoms with van der Waals surface area (Å²) < 4.78 is 45.2. The Bertz CT molecular complexity index is 994. The maximum Gasteiger partial charge on any atom is 0.416 e. The van der Waals surface area contributed by atoms with E-state index >= 15 is 0 Å². The highest BCUT2D eigenvalue weighted by Crippen LogP contribution is 2.39. The summed E-state index contributed by atoms with van der Waals surface area (Å²) in [4.78, 5) is 21.6. The summed E-state index contributed by atoms with van der Waals surface area (Å²) in [5.74, 6) is -2.51. The number of fused-ring (bicyclic) bond motifs is 2. The van der Waals surface area contributed by atoms with Crippen molar-refractivity contribution in [2.45, 2.75) is 56.2 Å². The lowest BCUT2D eigenvalue weighted by Crippen LogP contribution is -2.43. The van der Waals surface area contributed by atoms with Gasteiger partial charge in [0.25, 0.3) is 0 Å². The molecule has 0 amide bonds. The molecule has 2 aliphatic rings. The van der Waals surface area contributed by atoms with E-state index in [0.717, 1.165) is 36.1 Å². The van der Waals surface area contributed by atoms with Gasteiger partial charge in [0.05, 0.1) is 11.7 Å². The van der Waals surface area contributed by atoms with Crippen molar-refractivity contribution in [2.24, 2.45) is 0 Å². The van der Waals surface area contributed by atoms with Crippen molar-refractivity contribution in [1.29, 1.82) is 0 Å². The zero-order valence-electron chi connectivity index (χ0n) is 19.2. The molecule has 0 aromatic heterocycles. The highest BCUT2D eigenvalue weighted by molar-refractivity contribution is 5.89. The lowest BCUT2D eigenvalue weighted by molar-refractivity contribution is -0.137. The van der Waals surface area contributed by atoms with Crippen molar-refractivity contribution in [3.63, 3.8) is 0 Å². The molecular formula is C26H28F3NO5. The normalized spacial score (nSPS) is 22.9. The molecule has 2 aromatic carbocycles. The van der Waals surface area contributed by atoms with Crippen LogP contribution in [0.15, 0.2) is 66.7 Å². The minimum atomic E-state index is -4.32. The Balaban J connectivity index is 0.000000371. The fourth-order valence-corrected chi connectivity index (χ4v) is 4.63. The molecular weight excluding hydrogens is 463 g/mol. The van der Waals surface area contributed by atoms with Gasteiger partial charge in [0.15, 0.2) is 0 Å². The molecule has 4 rings (SSSR count). The third-order valence-corrected chi connectivity index (χ3v) is 6.40. The zero-order valence-corrected chi connectivity index (χ0v) is 19.2. The molecule has 0 spiro atoms. The van der Waals surface area contributed by atoms with E-state index in [1.807, 2.05) is 30.3 Å². The predicted molar refractivity (Wildman–Crippen MR) is 123 cm³/mol. The molecule has 2 N–H and O–H groups in total. The third kappa shape index (κ3) is 7.40. The first kappa shape index (κ1) is 26.4. The highest BCUT2D eigenvalue weighted by atomic mass is 19.4. The molecule has 0 radical (unpaired) electrons. The molecule has 9 heteroatoms. The van der Waals surface area contributed by atoms with Gasteiger partial charge in [-0.05, 0) is 56.0 Å². The number of carbonyl (C=O) groups is 2. The Labute approximate surface area is 201 Å². The predicted octanol–water partition coefficient (Wildman–Crippen LogP) is 5.15. The molecule has 0 aliphatic carbocycles. The van der Waals surface area contributed by atoms with Crippen LogP contribution < -0.4 is 0 Å². The number of carboxylic acids is 2. The summed E-state index contributed by atoms with van der Waals surface area (Å²) in [5, 5.41) is 15.6. The van der Waals surface area contributed by atoms with Gasteiger partial charge >= 0.3 is 18.1 Å². The summed E-state index contributed by atoms with van der Waals surface area (Å²) in [6.07, 6.45) is 0.953. The van der Waals surface area contributed by atoms with E-state index in [-0.39, 0.29) is 12.2 Å². The number of hydrogen-bond acceptors (Lipinski definition) is 4. The van der Waals surface area contributed by atoms with Gasteiger partial charge in [0, 0.05) is 24.2 Å². The quantitative estimate of drug-likeness (QED) is 0.544.